The van der Waals surface area contributed by atoms with Crippen LogP contribution in [0.5, 0.6) is 0 Å². The molecular weight excluding hydrogens is 411 g/mol. The fourth-order valence-corrected chi connectivity index (χ4v) is 2.94. The predicted octanol–water partition coefficient (Wildman–Crippen LogP) is 1.15. The molecule has 1 heterocycles. The number of rotatable bonds is 9. The fraction of sp³-hybridized carbons (Fsp3) is 0.350. The van der Waals surface area contributed by atoms with Crippen molar-refractivity contribution in [2.45, 2.75) is 26.1 Å². The Bertz CT molecular complexity index is 968. The summed E-state index contributed by atoms with van der Waals surface area (Å²) in [6.07, 6.45) is 2.60. The van der Waals surface area contributed by atoms with Gasteiger partial charge in [0.2, 0.25) is 21.8 Å². The standard InChI is InChI=1S/C20H25FN4O4S/c1-15(20(27)23-12-18-6-4-5-11-22-18)25(13-16-7-9-17(21)10-8-16)19(26)14-24(2)30(3,28)29/h4-11,15H,12-14H2,1-3H3,(H,23,27). The van der Waals surface area contributed by atoms with Gasteiger partial charge in [-0.1, -0.05) is 18.2 Å². The van der Waals surface area contributed by atoms with E-state index in [4.69, 9.17) is 0 Å². The van der Waals surface area contributed by atoms with Crippen LogP contribution in [0.4, 0.5) is 4.39 Å². The van der Waals surface area contributed by atoms with E-state index >= 15 is 0 Å². The van der Waals surface area contributed by atoms with Crippen molar-refractivity contribution < 1.29 is 22.4 Å². The minimum Gasteiger partial charge on any atom is -0.349 e. The molecule has 0 aliphatic rings. The number of halogens is 1. The second kappa shape index (κ2) is 10.3. The number of sulfonamides is 1. The number of nitrogens with zero attached hydrogens (tertiary/aromatic N) is 3. The first-order valence-corrected chi connectivity index (χ1v) is 11.1. The van der Waals surface area contributed by atoms with Crippen molar-refractivity contribution in [1.82, 2.24) is 19.5 Å². The number of carbonyl (C=O) groups excluding carboxylic acids is 2. The Balaban J connectivity index is 2.16. The number of nitrogens with one attached hydrogen (secondary N) is 1. The monoisotopic (exact) mass is 436 g/mol. The molecule has 2 aromatic rings. The van der Waals surface area contributed by atoms with Crippen LogP contribution >= 0.6 is 0 Å². The molecule has 1 unspecified atom stereocenters. The Morgan fingerprint density at radius 3 is 2.40 bits per heavy atom. The molecule has 0 aliphatic heterocycles. The average Bonchev–Trinajstić information content (AvgIpc) is 2.71. The minimum absolute atomic E-state index is 0.0227. The second-order valence-corrected chi connectivity index (χ2v) is 8.97. The smallest absolute Gasteiger partial charge is 0.242 e. The van der Waals surface area contributed by atoms with Gasteiger partial charge in [0.05, 0.1) is 25.0 Å². The fourth-order valence-electron chi connectivity index (χ4n) is 2.60. The third-order valence-electron chi connectivity index (χ3n) is 4.53. The van der Waals surface area contributed by atoms with E-state index in [-0.39, 0.29) is 13.1 Å². The molecule has 1 N–H and O–H groups in total. The summed E-state index contributed by atoms with van der Waals surface area (Å²) >= 11 is 0. The van der Waals surface area contributed by atoms with E-state index in [1.54, 1.807) is 31.3 Å². The first-order valence-electron chi connectivity index (χ1n) is 9.20. The molecule has 10 heteroatoms. The number of likely N-dealkylation sites (N-methyl/N-ethyl adjacent to an activating group) is 1. The SMILES string of the molecule is CC(C(=O)NCc1ccccn1)N(Cc1ccc(F)cc1)C(=O)CN(C)S(C)(=O)=O. The first-order chi connectivity index (χ1) is 14.1. The van der Waals surface area contributed by atoms with Gasteiger partial charge in [-0.3, -0.25) is 14.6 Å². The number of hydrogen-bond acceptors (Lipinski definition) is 5. The number of aromatic nitrogens is 1. The summed E-state index contributed by atoms with van der Waals surface area (Å²) in [5.74, 6) is -1.39. The molecule has 0 saturated carbocycles. The molecule has 162 valence electrons. The number of benzene rings is 1. The predicted molar refractivity (Wildman–Crippen MR) is 110 cm³/mol. The molecule has 30 heavy (non-hydrogen) atoms. The lowest BCUT2D eigenvalue weighted by Gasteiger charge is -2.30. The van der Waals surface area contributed by atoms with Crippen LogP contribution in [0.2, 0.25) is 0 Å². The van der Waals surface area contributed by atoms with Crippen molar-refractivity contribution >= 4 is 21.8 Å². The van der Waals surface area contributed by atoms with E-state index in [0.29, 0.717) is 11.3 Å². The van der Waals surface area contributed by atoms with Gasteiger partial charge in [-0.05, 0) is 36.8 Å². The largest absolute Gasteiger partial charge is 0.349 e. The van der Waals surface area contributed by atoms with Crippen LogP contribution < -0.4 is 5.32 Å². The normalized spacial score (nSPS) is 12.4. The molecule has 1 aromatic heterocycles. The maximum atomic E-state index is 13.2. The van der Waals surface area contributed by atoms with Gasteiger partial charge in [0, 0.05) is 19.8 Å². The van der Waals surface area contributed by atoms with Gasteiger partial charge in [-0.25, -0.2) is 12.8 Å². The molecule has 2 rings (SSSR count). The van der Waals surface area contributed by atoms with Gasteiger partial charge in [0.15, 0.2) is 0 Å². The zero-order valence-corrected chi connectivity index (χ0v) is 17.9. The van der Waals surface area contributed by atoms with E-state index < -0.39 is 40.2 Å². The van der Waals surface area contributed by atoms with Gasteiger partial charge >= 0.3 is 0 Å². The second-order valence-electron chi connectivity index (χ2n) is 6.88. The molecule has 0 bridgehead atoms. The van der Waals surface area contributed by atoms with E-state index in [1.165, 1.54) is 36.2 Å². The summed E-state index contributed by atoms with van der Waals surface area (Å²) in [5.41, 5.74) is 1.27. The van der Waals surface area contributed by atoms with Gasteiger partial charge in [0.1, 0.15) is 11.9 Å². The van der Waals surface area contributed by atoms with Crippen molar-refractivity contribution in [3.63, 3.8) is 0 Å². The average molecular weight is 437 g/mol. The maximum Gasteiger partial charge on any atom is 0.242 e. The molecule has 1 atom stereocenters. The Morgan fingerprint density at radius 1 is 1.17 bits per heavy atom. The number of amides is 2. The summed E-state index contributed by atoms with van der Waals surface area (Å²) in [6, 6.07) is 9.95. The highest BCUT2D eigenvalue weighted by atomic mass is 32.2. The van der Waals surface area contributed by atoms with Crippen molar-refractivity contribution in [2.75, 3.05) is 19.8 Å². The lowest BCUT2D eigenvalue weighted by molar-refractivity contribution is -0.140. The minimum atomic E-state index is -3.57. The van der Waals surface area contributed by atoms with Gasteiger partial charge < -0.3 is 10.2 Å². The van der Waals surface area contributed by atoms with Crippen molar-refractivity contribution in [3.05, 3.63) is 65.7 Å². The number of hydrogen-bond donors (Lipinski definition) is 1. The third-order valence-corrected chi connectivity index (χ3v) is 5.79. The van der Waals surface area contributed by atoms with Crippen LogP contribution in [0.3, 0.4) is 0 Å². The molecule has 0 radical (unpaired) electrons. The van der Waals surface area contributed by atoms with Crippen molar-refractivity contribution in [1.29, 1.82) is 0 Å². The molecule has 0 spiro atoms. The zero-order chi connectivity index (χ0) is 22.3. The summed E-state index contributed by atoms with van der Waals surface area (Å²) in [4.78, 5) is 30.9. The van der Waals surface area contributed by atoms with Crippen LogP contribution in [-0.4, -0.2) is 60.3 Å². The lowest BCUT2D eigenvalue weighted by Crippen LogP contribution is -2.50. The maximum absolute atomic E-state index is 13.2. The molecule has 8 nitrogen and oxygen atoms in total. The molecule has 0 aliphatic carbocycles. The first kappa shape index (κ1) is 23.4. The number of carbonyl (C=O) groups is 2. The highest BCUT2D eigenvalue weighted by Gasteiger charge is 2.28. The summed E-state index contributed by atoms with van der Waals surface area (Å²) in [5, 5.41) is 2.73. The third kappa shape index (κ3) is 6.89. The van der Waals surface area contributed by atoms with Crippen LogP contribution in [-0.2, 0) is 32.7 Å². The topological polar surface area (TPSA) is 99.7 Å². The van der Waals surface area contributed by atoms with Crippen molar-refractivity contribution in [3.8, 4) is 0 Å². The number of pyridine rings is 1. The van der Waals surface area contributed by atoms with Crippen molar-refractivity contribution in [2.24, 2.45) is 0 Å². The van der Waals surface area contributed by atoms with Crippen LogP contribution in [0, 0.1) is 5.82 Å². The van der Waals surface area contributed by atoms with Crippen LogP contribution in [0.1, 0.15) is 18.2 Å². The quantitative estimate of drug-likeness (QED) is 0.636. The van der Waals surface area contributed by atoms with Gasteiger partial charge in [-0.2, -0.15) is 4.31 Å². The summed E-state index contributed by atoms with van der Waals surface area (Å²) < 4.78 is 37.5. The summed E-state index contributed by atoms with van der Waals surface area (Å²) in [6.45, 7) is 1.34. The Kier molecular flexibility index (Phi) is 8.01. The van der Waals surface area contributed by atoms with Gasteiger partial charge in [-0.15, -0.1) is 0 Å². The van der Waals surface area contributed by atoms with Gasteiger partial charge in [0.25, 0.3) is 0 Å². The van der Waals surface area contributed by atoms with Crippen LogP contribution in [0.25, 0.3) is 0 Å². The van der Waals surface area contributed by atoms with E-state index in [1.807, 2.05) is 0 Å². The van der Waals surface area contributed by atoms with E-state index in [0.717, 1.165) is 10.6 Å². The van der Waals surface area contributed by atoms with Crippen LogP contribution in [0.15, 0.2) is 48.7 Å². The molecule has 0 saturated heterocycles. The summed E-state index contributed by atoms with van der Waals surface area (Å²) in [7, 11) is -2.29. The Morgan fingerprint density at radius 2 is 1.83 bits per heavy atom. The van der Waals surface area contributed by atoms with E-state index in [2.05, 4.69) is 10.3 Å². The molecule has 0 fully saturated rings. The van der Waals surface area contributed by atoms with E-state index in [9.17, 15) is 22.4 Å². The molecular formula is C20H25FN4O4S. The lowest BCUT2D eigenvalue weighted by atomic mass is 10.1. The molecule has 2 amide bonds. The Labute approximate surface area is 175 Å². The molecule has 1 aromatic carbocycles. The highest BCUT2D eigenvalue weighted by molar-refractivity contribution is 7.88. The zero-order valence-electron chi connectivity index (χ0n) is 17.1. The highest BCUT2D eigenvalue weighted by Crippen LogP contribution is 2.12. The Hall–Kier alpha value is -2.85.